The average Bonchev–Trinajstić information content (AvgIpc) is 3.51. The van der Waals surface area contributed by atoms with E-state index in [4.69, 9.17) is 27.9 Å². The number of rotatable bonds is 7. The van der Waals surface area contributed by atoms with Crippen LogP contribution in [0.25, 0.3) is 0 Å². The summed E-state index contributed by atoms with van der Waals surface area (Å²) in [5, 5.41) is 3.74. The Morgan fingerprint density at radius 2 is 1.77 bits per heavy atom. The molecule has 31 heavy (non-hydrogen) atoms. The first-order chi connectivity index (χ1) is 14.8. The Morgan fingerprint density at radius 3 is 2.42 bits per heavy atom. The first kappa shape index (κ1) is 21.5. The molecule has 1 saturated carbocycles. The van der Waals surface area contributed by atoms with Gasteiger partial charge in [0.05, 0.1) is 28.7 Å². The van der Waals surface area contributed by atoms with Crippen LogP contribution >= 0.6 is 23.2 Å². The van der Waals surface area contributed by atoms with Crippen molar-refractivity contribution in [2.75, 3.05) is 11.5 Å². The van der Waals surface area contributed by atoms with E-state index in [1.54, 1.807) is 0 Å². The quantitative estimate of drug-likeness (QED) is 0.386. The van der Waals surface area contributed by atoms with Gasteiger partial charge in [-0.2, -0.15) is 0 Å². The Bertz CT molecular complexity index is 1070. The molecule has 1 N–H and O–H groups in total. The molecule has 2 amide bonds. The van der Waals surface area contributed by atoms with E-state index in [1.165, 1.54) is 42.5 Å². The van der Waals surface area contributed by atoms with Gasteiger partial charge in [-0.25, -0.2) is 9.69 Å². The fourth-order valence-corrected chi connectivity index (χ4v) is 3.84. The lowest BCUT2D eigenvalue weighted by Gasteiger charge is -2.16. The summed E-state index contributed by atoms with van der Waals surface area (Å²) in [4.78, 5) is 50.5. The van der Waals surface area contributed by atoms with Crippen LogP contribution in [0, 0.1) is 0 Å². The van der Waals surface area contributed by atoms with Gasteiger partial charge in [0, 0.05) is 16.6 Å². The van der Waals surface area contributed by atoms with Crippen molar-refractivity contribution in [3.05, 3.63) is 63.6 Å². The van der Waals surface area contributed by atoms with E-state index in [-0.39, 0.29) is 34.4 Å². The van der Waals surface area contributed by atoms with Crippen LogP contribution in [-0.2, 0) is 14.3 Å². The number of amides is 2. The number of carbonyl (C=O) groups is 4. The Balaban J connectivity index is 1.37. The zero-order valence-electron chi connectivity index (χ0n) is 16.3. The van der Waals surface area contributed by atoms with E-state index >= 15 is 0 Å². The second-order valence-electron chi connectivity index (χ2n) is 7.44. The fraction of sp³-hybridized carbons (Fsp3) is 0.273. The zero-order chi connectivity index (χ0) is 22.1. The third kappa shape index (κ3) is 4.79. The van der Waals surface area contributed by atoms with Gasteiger partial charge in [-0.3, -0.25) is 14.4 Å². The molecule has 1 saturated heterocycles. The number of nitrogens with one attached hydrogen (secondary N) is 1. The number of hydrogen-bond donors (Lipinski definition) is 1. The second-order valence-corrected chi connectivity index (χ2v) is 8.28. The number of anilines is 1. The van der Waals surface area contributed by atoms with Gasteiger partial charge in [0.15, 0.2) is 6.61 Å². The number of benzene rings is 2. The molecule has 1 aliphatic carbocycles. The fourth-order valence-electron chi connectivity index (χ4n) is 3.32. The lowest BCUT2D eigenvalue weighted by molar-refractivity contribution is -0.121. The summed E-state index contributed by atoms with van der Waals surface area (Å²) in [6, 6.07) is 10.1. The zero-order valence-corrected chi connectivity index (χ0v) is 17.8. The summed E-state index contributed by atoms with van der Waals surface area (Å²) < 4.78 is 5.07. The number of nitrogens with zero attached hydrogens (tertiary/aromatic N) is 1. The van der Waals surface area contributed by atoms with Crippen molar-refractivity contribution in [2.24, 2.45) is 0 Å². The van der Waals surface area contributed by atoms with Gasteiger partial charge in [0.25, 0.3) is 5.91 Å². The summed E-state index contributed by atoms with van der Waals surface area (Å²) in [6.45, 7) is -0.487. The summed E-state index contributed by atoms with van der Waals surface area (Å²) in [5.41, 5.74) is 0.774. The molecule has 7 nitrogen and oxygen atoms in total. The maximum atomic E-state index is 12.6. The van der Waals surface area contributed by atoms with Crippen LogP contribution in [0.3, 0.4) is 0 Å². The third-order valence-corrected chi connectivity index (χ3v) is 5.64. The van der Waals surface area contributed by atoms with E-state index in [2.05, 4.69) is 5.32 Å². The van der Waals surface area contributed by atoms with Crippen molar-refractivity contribution in [3.63, 3.8) is 0 Å². The summed E-state index contributed by atoms with van der Waals surface area (Å²) >= 11 is 11.8. The minimum absolute atomic E-state index is 0.120. The van der Waals surface area contributed by atoms with Crippen molar-refractivity contribution in [3.8, 4) is 0 Å². The van der Waals surface area contributed by atoms with Gasteiger partial charge in [0.1, 0.15) is 0 Å². The standard InChI is InChI=1S/C22H18Cl2N2O5/c23-13-3-8-16(17(24)9-13)19(27)11-31-22(30)12-1-6-15(7-2-12)26-20(28)10-18(21(26)29)25-14-4-5-14/h1-3,6-9,14,18,25H,4-5,10-11H2. The first-order valence-electron chi connectivity index (χ1n) is 9.72. The molecule has 2 aromatic rings. The van der Waals surface area contributed by atoms with E-state index in [0.717, 1.165) is 17.7 Å². The first-order valence-corrected chi connectivity index (χ1v) is 10.5. The topological polar surface area (TPSA) is 92.8 Å². The monoisotopic (exact) mass is 460 g/mol. The van der Waals surface area contributed by atoms with Crippen molar-refractivity contribution in [1.82, 2.24) is 5.32 Å². The normalized spacial score (nSPS) is 18.4. The molecule has 2 fully saturated rings. The van der Waals surface area contributed by atoms with Gasteiger partial charge >= 0.3 is 5.97 Å². The van der Waals surface area contributed by atoms with Crippen LogP contribution in [0.5, 0.6) is 0 Å². The van der Waals surface area contributed by atoms with Crippen molar-refractivity contribution in [1.29, 1.82) is 0 Å². The van der Waals surface area contributed by atoms with E-state index in [0.29, 0.717) is 16.8 Å². The highest BCUT2D eigenvalue weighted by molar-refractivity contribution is 6.36. The number of esters is 1. The van der Waals surface area contributed by atoms with Crippen molar-refractivity contribution >= 4 is 52.5 Å². The number of imide groups is 1. The summed E-state index contributed by atoms with van der Waals surface area (Å²) in [6.07, 6.45) is 2.15. The highest BCUT2D eigenvalue weighted by Gasteiger charge is 2.41. The summed E-state index contributed by atoms with van der Waals surface area (Å²) in [5.74, 6) is -1.76. The van der Waals surface area contributed by atoms with Crippen LogP contribution in [0.15, 0.2) is 42.5 Å². The van der Waals surface area contributed by atoms with Crippen molar-refractivity contribution < 1.29 is 23.9 Å². The average molecular weight is 461 g/mol. The van der Waals surface area contributed by atoms with Gasteiger partial charge in [-0.15, -0.1) is 0 Å². The lowest BCUT2D eigenvalue weighted by Crippen LogP contribution is -2.39. The molecule has 1 aliphatic heterocycles. The molecular weight excluding hydrogens is 443 g/mol. The molecular formula is C22H18Cl2N2O5. The van der Waals surface area contributed by atoms with Crippen molar-refractivity contribution in [2.45, 2.75) is 31.3 Å². The molecule has 9 heteroatoms. The number of halogens is 2. The van der Waals surface area contributed by atoms with Crippen LogP contribution in [-0.4, -0.2) is 42.3 Å². The van der Waals surface area contributed by atoms with Crippen LogP contribution in [0.1, 0.15) is 40.0 Å². The smallest absolute Gasteiger partial charge is 0.338 e. The minimum atomic E-state index is -0.711. The Kier molecular flexibility index (Phi) is 6.09. The highest BCUT2D eigenvalue weighted by Crippen LogP contribution is 2.27. The number of ketones is 1. The number of hydrogen-bond acceptors (Lipinski definition) is 6. The van der Waals surface area contributed by atoms with Gasteiger partial charge < -0.3 is 10.1 Å². The molecule has 160 valence electrons. The molecule has 2 aromatic carbocycles. The molecule has 0 bridgehead atoms. The Labute approximate surface area is 188 Å². The molecule has 1 heterocycles. The molecule has 0 radical (unpaired) electrons. The maximum Gasteiger partial charge on any atom is 0.338 e. The van der Waals surface area contributed by atoms with Crippen LogP contribution < -0.4 is 10.2 Å². The molecule has 1 atom stereocenters. The maximum absolute atomic E-state index is 12.6. The number of ether oxygens (including phenoxy) is 1. The molecule has 0 aromatic heterocycles. The van der Waals surface area contributed by atoms with Crippen LogP contribution in [0.2, 0.25) is 10.0 Å². The lowest BCUT2D eigenvalue weighted by atomic mass is 10.1. The van der Waals surface area contributed by atoms with Crippen LogP contribution in [0.4, 0.5) is 5.69 Å². The highest BCUT2D eigenvalue weighted by atomic mass is 35.5. The third-order valence-electron chi connectivity index (χ3n) is 5.09. The largest absolute Gasteiger partial charge is 0.454 e. The molecule has 4 rings (SSSR count). The van der Waals surface area contributed by atoms with Gasteiger partial charge in [0.2, 0.25) is 11.7 Å². The SMILES string of the molecule is O=C(OCC(=O)c1ccc(Cl)cc1Cl)c1ccc(N2C(=O)CC(NC3CC3)C2=O)cc1. The Hall–Kier alpha value is -2.74. The molecule has 0 spiro atoms. The summed E-state index contributed by atoms with van der Waals surface area (Å²) in [7, 11) is 0. The second kappa shape index (κ2) is 8.78. The van der Waals surface area contributed by atoms with E-state index in [1.807, 2.05) is 0 Å². The molecule has 1 unspecified atom stereocenters. The van der Waals surface area contributed by atoms with E-state index in [9.17, 15) is 19.2 Å². The molecule has 2 aliphatic rings. The van der Waals surface area contributed by atoms with Gasteiger partial charge in [-0.05, 0) is 55.3 Å². The Morgan fingerprint density at radius 1 is 1.06 bits per heavy atom. The predicted octanol–water partition coefficient (Wildman–Crippen LogP) is 3.42. The van der Waals surface area contributed by atoms with Gasteiger partial charge in [-0.1, -0.05) is 23.2 Å². The predicted molar refractivity (Wildman–Crippen MR) is 115 cm³/mol. The minimum Gasteiger partial charge on any atom is -0.454 e. The number of Topliss-reactive ketones (excluding diaryl/α,β-unsaturated/α-hetero) is 1. The number of carbonyl (C=O) groups excluding carboxylic acids is 4. The van der Waals surface area contributed by atoms with E-state index < -0.39 is 24.4 Å².